The van der Waals surface area contributed by atoms with Crippen LogP contribution in [-0.4, -0.2) is 15.2 Å². The first kappa shape index (κ1) is 15.2. The van der Waals surface area contributed by atoms with Crippen molar-refractivity contribution in [2.24, 2.45) is 0 Å². The number of benzene rings is 2. The maximum absolute atomic E-state index is 9.19. The van der Waals surface area contributed by atoms with Gasteiger partial charge in [0.15, 0.2) is 5.82 Å². The first-order valence-electron chi connectivity index (χ1n) is 7.57. The van der Waals surface area contributed by atoms with Crippen LogP contribution in [-0.2, 0) is 13.0 Å². The molecule has 0 saturated heterocycles. The molecule has 0 amide bonds. The third kappa shape index (κ3) is 3.96. The van der Waals surface area contributed by atoms with Crippen molar-refractivity contribution in [1.82, 2.24) is 10.1 Å². The number of aromatic nitrogens is 2. The fourth-order valence-electron chi connectivity index (χ4n) is 2.36. The van der Waals surface area contributed by atoms with Crippen LogP contribution in [0.2, 0.25) is 0 Å². The van der Waals surface area contributed by atoms with Gasteiger partial charge in [0.25, 0.3) is 0 Å². The molecule has 0 bridgehead atoms. The van der Waals surface area contributed by atoms with Crippen molar-refractivity contribution in [3.05, 3.63) is 77.4 Å². The summed E-state index contributed by atoms with van der Waals surface area (Å²) in [6.45, 7) is 1.98. The summed E-state index contributed by atoms with van der Waals surface area (Å²) in [7, 11) is 0. The lowest BCUT2D eigenvalue weighted by Crippen LogP contribution is -2.07. The van der Waals surface area contributed by atoms with Crippen LogP contribution in [0.5, 0.6) is 0 Å². The summed E-state index contributed by atoms with van der Waals surface area (Å²) in [5.41, 5.74) is 2.92. The maximum Gasteiger partial charge on any atom is 0.248 e. The Hall–Kier alpha value is -2.66. The van der Waals surface area contributed by atoms with Crippen LogP contribution in [0.25, 0.3) is 0 Å². The van der Waals surface area contributed by atoms with E-state index in [4.69, 9.17) is 4.52 Å². The Kier molecular flexibility index (Phi) is 4.68. The van der Waals surface area contributed by atoms with Crippen molar-refractivity contribution >= 4 is 5.69 Å². The van der Waals surface area contributed by atoms with Crippen molar-refractivity contribution < 1.29 is 9.63 Å². The number of aliphatic hydroxyl groups excluding tert-OH is 1. The fraction of sp³-hybridized carbons (Fsp3) is 0.222. The van der Waals surface area contributed by atoms with Gasteiger partial charge in [-0.3, -0.25) is 0 Å². The van der Waals surface area contributed by atoms with Crippen LogP contribution >= 0.6 is 0 Å². The number of aliphatic hydroxyl groups is 1. The molecule has 0 aliphatic carbocycles. The molecule has 0 saturated carbocycles. The van der Waals surface area contributed by atoms with E-state index in [0.717, 1.165) is 16.8 Å². The summed E-state index contributed by atoms with van der Waals surface area (Å²) in [5, 5.41) is 16.5. The van der Waals surface area contributed by atoms with Gasteiger partial charge in [0, 0.05) is 12.1 Å². The van der Waals surface area contributed by atoms with Crippen molar-refractivity contribution in [2.75, 3.05) is 5.32 Å². The molecule has 0 aliphatic rings. The van der Waals surface area contributed by atoms with Crippen LogP contribution in [0.1, 0.15) is 35.8 Å². The first-order chi connectivity index (χ1) is 11.2. The van der Waals surface area contributed by atoms with Gasteiger partial charge in [0.2, 0.25) is 5.89 Å². The smallest absolute Gasteiger partial charge is 0.248 e. The molecule has 2 aromatic carbocycles. The monoisotopic (exact) mass is 309 g/mol. The predicted octanol–water partition coefficient (Wildman–Crippen LogP) is 3.33. The van der Waals surface area contributed by atoms with Crippen molar-refractivity contribution in [2.45, 2.75) is 26.0 Å². The quantitative estimate of drug-likeness (QED) is 0.731. The van der Waals surface area contributed by atoms with Crippen LogP contribution in [0, 0.1) is 0 Å². The average Bonchev–Trinajstić information content (AvgIpc) is 3.04. The molecular formula is C18H19N3O2. The lowest BCUT2D eigenvalue weighted by atomic mass is 10.1. The van der Waals surface area contributed by atoms with E-state index in [1.165, 1.54) is 0 Å². The molecule has 1 aromatic heterocycles. The Bertz CT molecular complexity index is 756. The van der Waals surface area contributed by atoms with E-state index < -0.39 is 0 Å². The lowest BCUT2D eigenvalue weighted by Gasteiger charge is -2.11. The maximum atomic E-state index is 9.19. The second-order valence-electron chi connectivity index (χ2n) is 5.44. The van der Waals surface area contributed by atoms with Gasteiger partial charge in [0.1, 0.15) is 6.04 Å². The van der Waals surface area contributed by atoms with Crippen LogP contribution in [0.15, 0.2) is 59.1 Å². The summed E-state index contributed by atoms with van der Waals surface area (Å²) in [4.78, 5) is 4.45. The zero-order valence-electron chi connectivity index (χ0n) is 12.9. The molecule has 23 heavy (non-hydrogen) atoms. The topological polar surface area (TPSA) is 71.2 Å². The molecule has 0 radical (unpaired) electrons. The molecule has 2 N–H and O–H groups in total. The van der Waals surface area contributed by atoms with Crippen molar-refractivity contribution in [3.8, 4) is 0 Å². The summed E-state index contributed by atoms with van der Waals surface area (Å²) in [6, 6.07) is 17.6. The number of hydrogen-bond acceptors (Lipinski definition) is 5. The molecule has 1 heterocycles. The highest BCUT2D eigenvalue weighted by molar-refractivity contribution is 5.46. The normalized spacial score (nSPS) is 12.1. The van der Waals surface area contributed by atoms with E-state index in [0.29, 0.717) is 18.1 Å². The summed E-state index contributed by atoms with van der Waals surface area (Å²) in [6.07, 6.45) is 0.650. The molecule has 5 heteroatoms. The molecule has 3 aromatic rings. The molecule has 1 unspecified atom stereocenters. The molecule has 0 aliphatic heterocycles. The van der Waals surface area contributed by atoms with Gasteiger partial charge in [-0.15, -0.1) is 0 Å². The van der Waals surface area contributed by atoms with Gasteiger partial charge in [-0.25, -0.2) is 0 Å². The van der Waals surface area contributed by atoms with Crippen molar-refractivity contribution in [1.29, 1.82) is 0 Å². The number of nitrogens with one attached hydrogen (secondary N) is 1. The van der Waals surface area contributed by atoms with Gasteiger partial charge in [-0.05, 0) is 30.2 Å². The SMILES string of the molecule is CC(Nc1cccc(CO)c1)c1nc(Cc2ccccc2)no1. The highest BCUT2D eigenvalue weighted by Gasteiger charge is 2.14. The molecule has 3 rings (SSSR count). The highest BCUT2D eigenvalue weighted by atomic mass is 16.5. The van der Waals surface area contributed by atoms with E-state index in [-0.39, 0.29) is 12.6 Å². The van der Waals surface area contributed by atoms with Crippen LogP contribution in [0.3, 0.4) is 0 Å². The Labute approximate surface area is 135 Å². The van der Waals surface area contributed by atoms with Gasteiger partial charge in [-0.1, -0.05) is 47.6 Å². The summed E-state index contributed by atoms with van der Waals surface area (Å²) < 4.78 is 5.35. The second kappa shape index (κ2) is 7.07. The van der Waals surface area contributed by atoms with E-state index in [1.54, 1.807) is 0 Å². The fourth-order valence-corrected chi connectivity index (χ4v) is 2.36. The molecule has 0 spiro atoms. The minimum atomic E-state index is -0.110. The molecule has 0 fully saturated rings. The minimum Gasteiger partial charge on any atom is -0.392 e. The second-order valence-corrected chi connectivity index (χ2v) is 5.44. The third-order valence-corrected chi connectivity index (χ3v) is 3.55. The third-order valence-electron chi connectivity index (χ3n) is 3.55. The Morgan fingerprint density at radius 2 is 1.87 bits per heavy atom. The predicted molar refractivity (Wildman–Crippen MR) is 87.9 cm³/mol. The molecular weight excluding hydrogens is 290 g/mol. The van der Waals surface area contributed by atoms with Gasteiger partial charge in [-0.2, -0.15) is 4.98 Å². The minimum absolute atomic E-state index is 0.0195. The Morgan fingerprint density at radius 3 is 2.65 bits per heavy atom. The van der Waals surface area contributed by atoms with E-state index in [2.05, 4.69) is 15.5 Å². The standard InChI is InChI=1S/C18H19N3O2/c1-13(19-16-9-5-8-15(10-16)12-22)18-20-17(21-23-18)11-14-6-3-2-4-7-14/h2-10,13,19,22H,11-12H2,1H3. The van der Waals surface area contributed by atoms with Crippen molar-refractivity contribution in [3.63, 3.8) is 0 Å². The zero-order valence-corrected chi connectivity index (χ0v) is 12.9. The van der Waals surface area contributed by atoms with Crippen LogP contribution in [0.4, 0.5) is 5.69 Å². The summed E-state index contributed by atoms with van der Waals surface area (Å²) in [5.74, 6) is 1.22. The van der Waals surface area contributed by atoms with E-state index in [1.807, 2.05) is 61.5 Å². The van der Waals surface area contributed by atoms with Gasteiger partial charge >= 0.3 is 0 Å². The van der Waals surface area contributed by atoms with E-state index in [9.17, 15) is 5.11 Å². The number of anilines is 1. The van der Waals surface area contributed by atoms with Gasteiger partial charge < -0.3 is 14.9 Å². The highest BCUT2D eigenvalue weighted by Crippen LogP contribution is 2.19. The number of hydrogen-bond donors (Lipinski definition) is 2. The Balaban J connectivity index is 1.67. The van der Waals surface area contributed by atoms with Gasteiger partial charge in [0.05, 0.1) is 6.61 Å². The zero-order chi connectivity index (χ0) is 16.1. The van der Waals surface area contributed by atoms with E-state index >= 15 is 0 Å². The lowest BCUT2D eigenvalue weighted by molar-refractivity contribution is 0.282. The molecule has 5 nitrogen and oxygen atoms in total. The molecule has 118 valence electrons. The van der Waals surface area contributed by atoms with Crippen LogP contribution < -0.4 is 5.32 Å². The average molecular weight is 309 g/mol. The Morgan fingerprint density at radius 1 is 1.09 bits per heavy atom. The largest absolute Gasteiger partial charge is 0.392 e. The molecule has 1 atom stereocenters. The number of nitrogens with zero attached hydrogens (tertiary/aromatic N) is 2. The number of rotatable bonds is 6. The first-order valence-corrected chi connectivity index (χ1v) is 7.57. The summed E-state index contributed by atoms with van der Waals surface area (Å²) >= 11 is 0.